The first-order chi connectivity index (χ1) is 8.84. The second kappa shape index (κ2) is 5.21. The van der Waals surface area contributed by atoms with Crippen molar-refractivity contribution < 1.29 is 8.91 Å². The Morgan fingerprint density at radius 2 is 2.05 bits per heavy atom. The van der Waals surface area contributed by atoms with E-state index in [1.807, 2.05) is 20.8 Å². The van der Waals surface area contributed by atoms with Crippen LogP contribution in [0.4, 0.5) is 10.1 Å². The maximum Gasteiger partial charge on any atom is 0.232 e. The highest BCUT2D eigenvalue weighted by Gasteiger charge is 2.21. The van der Waals surface area contributed by atoms with E-state index in [0.717, 1.165) is 4.90 Å². The molecule has 1 heterocycles. The van der Waals surface area contributed by atoms with Crippen LogP contribution in [-0.2, 0) is 11.2 Å². The van der Waals surface area contributed by atoms with Crippen molar-refractivity contribution in [2.24, 2.45) is 0 Å². The Labute approximate surface area is 115 Å². The third-order valence-corrected chi connectivity index (χ3v) is 3.34. The average Bonchev–Trinajstić information content (AvgIpc) is 2.73. The van der Waals surface area contributed by atoms with Gasteiger partial charge in [0.2, 0.25) is 5.89 Å². The number of halogens is 1. The lowest BCUT2D eigenvalue weighted by molar-refractivity contribution is 0.319. The molecule has 0 atom stereocenters. The van der Waals surface area contributed by atoms with Crippen molar-refractivity contribution in [3.63, 3.8) is 0 Å². The van der Waals surface area contributed by atoms with Crippen molar-refractivity contribution in [2.75, 3.05) is 5.73 Å². The zero-order valence-corrected chi connectivity index (χ0v) is 11.9. The van der Waals surface area contributed by atoms with Gasteiger partial charge in [-0.1, -0.05) is 25.9 Å². The molecule has 0 aliphatic heterocycles. The largest absolute Gasteiger partial charge is 0.399 e. The molecule has 2 N–H and O–H groups in total. The fourth-order valence-electron chi connectivity index (χ4n) is 1.43. The summed E-state index contributed by atoms with van der Waals surface area (Å²) in [6.45, 7) is 6.01. The quantitative estimate of drug-likeness (QED) is 0.690. The van der Waals surface area contributed by atoms with Crippen molar-refractivity contribution in [3.8, 4) is 0 Å². The number of benzene rings is 1. The molecular formula is C13H16FN3OS. The van der Waals surface area contributed by atoms with Crippen molar-refractivity contribution >= 4 is 17.4 Å². The van der Waals surface area contributed by atoms with Crippen molar-refractivity contribution in [3.05, 3.63) is 35.7 Å². The normalized spacial score (nSPS) is 11.8. The van der Waals surface area contributed by atoms with Gasteiger partial charge < -0.3 is 10.3 Å². The summed E-state index contributed by atoms with van der Waals surface area (Å²) in [7, 11) is 0. The van der Waals surface area contributed by atoms with Crippen LogP contribution in [0.5, 0.6) is 0 Å². The van der Waals surface area contributed by atoms with Crippen LogP contribution in [0.1, 0.15) is 32.5 Å². The minimum atomic E-state index is -0.342. The van der Waals surface area contributed by atoms with E-state index in [-0.39, 0.29) is 11.2 Å². The maximum absolute atomic E-state index is 13.2. The second-order valence-corrected chi connectivity index (χ2v) is 6.32. The van der Waals surface area contributed by atoms with E-state index in [4.69, 9.17) is 10.3 Å². The average molecular weight is 281 g/mol. The third kappa shape index (κ3) is 3.70. The first-order valence-electron chi connectivity index (χ1n) is 5.86. The summed E-state index contributed by atoms with van der Waals surface area (Å²) in [6.07, 6.45) is 0. The molecule has 0 amide bonds. The van der Waals surface area contributed by atoms with Crippen LogP contribution in [0, 0.1) is 5.82 Å². The highest BCUT2D eigenvalue weighted by atomic mass is 32.2. The van der Waals surface area contributed by atoms with Crippen LogP contribution in [0.3, 0.4) is 0 Å². The molecule has 1 aromatic heterocycles. The molecule has 0 unspecified atom stereocenters. The Morgan fingerprint density at radius 1 is 1.32 bits per heavy atom. The Kier molecular flexibility index (Phi) is 3.80. The summed E-state index contributed by atoms with van der Waals surface area (Å²) in [6, 6.07) is 4.44. The predicted octanol–water partition coefficient (Wildman–Crippen LogP) is 3.38. The molecule has 0 saturated carbocycles. The smallest absolute Gasteiger partial charge is 0.232 e. The molecule has 0 saturated heterocycles. The van der Waals surface area contributed by atoms with Crippen molar-refractivity contribution in [1.82, 2.24) is 10.1 Å². The SMILES string of the molecule is CC(C)(C)c1nc(CSc2cc(N)cc(F)c2)no1. The number of thioether (sulfide) groups is 1. The molecule has 0 fully saturated rings. The van der Waals surface area contributed by atoms with Gasteiger partial charge in [0.25, 0.3) is 0 Å². The minimum Gasteiger partial charge on any atom is -0.399 e. The topological polar surface area (TPSA) is 64.9 Å². The van der Waals surface area contributed by atoms with E-state index in [0.29, 0.717) is 23.2 Å². The number of nitrogen functional groups attached to an aromatic ring is 1. The summed E-state index contributed by atoms with van der Waals surface area (Å²) < 4.78 is 18.4. The Hall–Kier alpha value is -1.56. The number of hydrogen-bond donors (Lipinski definition) is 1. The molecule has 0 spiro atoms. The van der Waals surface area contributed by atoms with Crippen LogP contribution in [0.2, 0.25) is 0 Å². The van der Waals surface area contributed by atoms with Crippen LogP contribution >= 0.6 is 11.8 Å². The Bertz CT molecular complexity index is 557. The van der Waals surface area contributed by atoms with E-state index >= 15 is 0 Å². The van der Waals surface area contributed by atoms with Crippen LogP contribution in [0.25, 0.3) is 0 Å². The molecular weight excluding hydrogens is 265 g/mol. The lowest BCUT2D eigenvalue weighted by atomic mass is 9.97. The van der Waals surface area contributed by atoms with E-state index in [1.54, 1.807) is 6.07 Å². The van der Waals surface area contributed by atoms with Gasteiger partial charge in [0.1, 0.15) is 5.82 Å². The van der Waals surface area contributed by atoms with E-state index < -0.39 is 0 Å². The molecule has 0 aliphatic rings. The molecule has 0 radical (unpaired) electrons. The third-order valence-electron chi connectivity index (χ3n) is 2.37. The molecule has 102 valence electrons. The second-order valence-electron chi connectivity index (χ2n) is 5.27. The van der Waals surface area contributed by atoms with Crippen LogP contribution < -0.4 is 5.73 Å². The summed E-state index contributed by atoms with van der Waals surface area (Å²) in [4.78, 5) is 5.07. The fraction of sp³-hybridized carbons (Fsp3) is 0.385. The van der Waals surface area contributed by atoms with Gasteiger partial charge in [-0.05, 0) is 18.2 Å². The standard InChI is InChI=1S/C13H16FN3OS/c1-13(2,3)12-16-11(17-18-12)7-19-10-5-8(14)4-9(15)6-10/h4-6H,7,15H2,1-3H3. The maximum atomic E-state index is 13.2. The van der Waals surface area contributed by atoms with Gasteiger partial charge in [-0.15, -0.1) is 11.8 Å². The monoisotopic (exact) mass is 281 g/mol. The zero-order valence-electron chi connectivity index (χ0n) is 11.1. The highest BCUT2D eigenvalue weighted by molar-refractivity contribution is 7.98. The molecule has 0 aliphatic carbocycles. The number of hydrogen-bond acceptors (Lipinski definition) is 5. The molecule has 0 bridgehead atoms. The molecule has 2 aromatic rings. The van der Waals surface area contributed by atoms with Crippen LogP contribution in [-0.4, -0.2) is 10.1 Å². The summed E-state index contributed by atoms with van der Waals surface area (Å²) >= 11 is 1.42. The molecule has 2 rings (SSSR count). The Balaban J connectivity index is 2.04. The van der Waals surface area contributed by atoms with Crippen molar-refractivity contribution in [1.29, 1.82) is 0 Å². The van der Waals surface area contributed by atoms with Gasteiger partial charge in [-0.3, -0.25) is 0 Å². The number of rotatable bonds is 3. The first kappa shape index (κ1) is 13.9. The number of nitrogens with zero attached hydrogens (tertiary/aromatic N) is 2. The molecule has 4 nitrogen and oxygen atoms in total. The van der Waals surface area contributed by atoms with Crippen LogP contribution in [0.15, 0.2) is 27.6 Å². The molecule has 6 heteroatoms. The van der Waals surface area contributed by atoms with Gasteiger partial charge >= 0.3 is 0 Å². The lowest BCUT2D eigenvalue weighted by Crippen LogP contribution is -2.11. The van der Waals surface area contributed by atoms with Gasteiger partial charge in [0, 0.05) is 16.0 Å². The van der Waals surface area contributed by atoms with E-state index in [1.165, 1.54) is 23.9 Å². The molecule has 19 heavy (non-hydrogen) atoms. The van der Waals surface area contributed by atoms with E-state index in [9.17, 15) is 4.39 Å². The van der Waals surface area contributed by atoms with Gasteiger partial charge in [-0.25, -0.2) is 4.39 Å². The first-order valence-corrected chi connectivity index (χ1v) is 6.85. The van der Waals surface area contributed by atoms with Gasteiger partial charge in [-0.2, -0.15) is 4.98 Å². The van der Waals surface area contributed by atoms with Gasteiger partial charge in [0.15, 0.2) is 5.82 Å². The lowest BCUT2D eigenvalue weighted by Gasteiger charge is -2.10. The predicted molar refractivity (Wildman–Crippen MR) is 73.4 cm³/mol. The number of anilines is 1. The summed E-state index contributed by atoms with van der Waals surface area (Å²) in [5, 5.41) is 3.91. The number of nitrogens with two attached hydrogens (primary N) is 1. The van der Waals surface area contributed by atoms with Gasteiger partial charge in [0.05, 0.1) is 5.75 Å². The summed E-state index contributed by atoms with van der Waals surface area (Å²) in [5.41, 5.74) is 5.83. The Morgan fingerprint density at radius 3 is 2.63 bits per heavy atom. The highest BCUT2D eigenvalue weighted by Crippen LogP contribution is 2.26. The minimum absolute atomic E-state index is 0.167. The zero-order chi connectivity index (χ0) is 14.0. The summed E-state index contributed by atoms with van der Waals surface area (Å²) in [5.74, 6) is 1.37. The van der Waals surface area contributed by atoms with Crippen molar-refractivity contribution in [2.45, 2.75) is 36.8 Å². The molecule has 1 aromatic carbocycles. The van der Waals surface area contributed by atoms with E-state index in [2.05, 4.69) is 10.1 Å². The number of aromatic nitrogens is 2. The fourth-order valence-corrected chi connectivity index (χ4v) is 2.26.